The SMILES string of the molecule is O=C(CCS(=O)(=O)c1ccccc1)N[C@]12CCC[C@@H]1N(C(=O)CCc1nc(-c3ccc(F)cc3)no1)CC2. The molecule has 1 saturated carbocycles. The van der Waals surface area contributed by atoms with Crippen LogP contribution in [-0.2, 0) is 25.8 Å². The Labute approximate surface area is 220 Å². The van der Waals surface area contributed by atoms with Crippen LogP contribution in [0.3, 0.4) is 0 Å². The van der Waals surface area contributed by atoms with E-state index >= 15 is 0 Å². The van der Waals surface area contributed by atoms with Gasteiger partial charge in [-0.2, -0.15) is 4.98 Å². The van der Waals surface area contributed by atoms with E-state index in [4.69, 9.17) is 4.52 Å². The van der Waals surface area contributed by atoms with Gasteiger partial charge in [-0.1, -0.05) is 23.4 Å². The number of sulfone groups is 1. The highest BCUT2D eigenvalue weighted by molar-refractivity contribution is 7.91. The van der Waals surface area contributed by atoms with Crippen molar-refractivity contribution in [3.8, 4) is 11.4 Å². The van der Waals surface area contributed by atoms with E-state index in [0.717, 1.165) is 19.3 Å². The van der Waals surface area contributed by atoms with Gasteiger partial charge in [0.25, 0.3) is 0 Å². The van der Waals surface area contributed by atoms with Gasteiger partial charge in [-0.15, -0.1) is 0 Å². The van der Waals surface area contributed by atoms with Crippen molar-refractivity contribution in [3.05, 3.63) is 66.3 Å². The Hall–Kier alpha value is -3.60. The molecule has 2 fully saturated rings. The van der Waals surface area contributed by atoms with Gasteiger partial charge in [0.05, 0.1) is 22.2 Å². The van der Waals surface area contributed by atoms with Crippen molar-refractivity contribution in [2.75, 3.05) is 12.3 Å². The quantitative estimate of drug-likeness (QED) is 0.442. The summed E-state index contributed by atoms with van der Waals surface area (Å²) in [5.74, 6) is -0.338. The smallest absolute Gasteiger partial charge is 0.227 e. The summed E-state index contributed by atoms with van der Waals surface area (Å²) in [5, 5.41) is 7.02. The van der Waals surface area contributed by atoms with Crippen LogP contribution in [0.5, 0.6) is 0 Å². The number of aryl methyl sites for hydroxylation is 1. The van der Waals surface area contributed by atoms with Crippen LogP contribution in [0, 0.1) is 5.82 Å². The van der Waals surface area contributed by atoms with Crippen LogP contribution >= 0.6 is 0 Å². The fourth-order valence-electron chi connectivity index (χ4n) is 5.53. The maximum absolute atomic E-state index is 13.2. The van der Waals surface area contributed by atoms with Crippen LogP contribution in [-0.4, -0.2) is 59.2 Å². The third-order valence-corrected chi connectivity index (χ3v) is 9.18. The molecule has 200 valence electrons. The summed E-state index contributed by atoms with van der Waals surface area (Å²) in [7, 11) is -3.55. The molecule has 0 bridgehead atoms. The predicted molar refractivity (Wildman–Crippen MR) is 136 cm³/mol. The summed E-state index contributed by atoms with van der Waals surface area (Å²) in [6.45, 7) is 0.525. The van der Waals surface area contributed by atoms with Crippen molar-refractivity contribution in [1.29, 1.82) is 0 Å². The van der Waals surface area contributed by atoms with E-state index in [0.29, 0.717) is 30.2 Å². The molecule has 0 unspecified atom stereocenters. The van der Waals surface area contributed by atoms with Crippen molar-refractivity contribution in [1.82, 2.24) is 20.4 Å². The Bertz CT molecular complexity index is 1410. The second-order valence-electron chi connectivity index (χ2n) is 9.85. The third kappa shape index (κ3) is 5.47. The third-order valence-electron chi connectivity index (χ3n) is 7.45. The van der Waals surface area contributed by atoms with Gasteiger partial charge in [-0.25, -0.2) is 12.8 Å². The number of hydrogen-bond donors (Lipinski definition) is 1. The highest BCUT2D eigenvalue weighted by Gasteiger charge is 2.52. The lowest BCUT2D eigenvalue weighted by Crippen LogP contribution is -2.54. The fourth-order valence-corrected chi connectivity index (χ4v) is 6.79. The molecule has 38 heavy (non-hydrogen) atoms. The van der Waals surface area contributed by atoms with Crippen LogP contribution in [0.1, 0.15) is 44.4 Å². The Morgan fingerprint density at radius 2 is 1.84 bits per heavy atom. The van der Waals surface area contributed by atoms with Gasteiger partial charge >= 0.3 is 0 Å². The summed E-state index contributed by atoms with van der Waals surface area (Å²) in [6, 6.07) is 13.7. The van der Waals surface area contributed by atoms with E-state index in [1.54, 1.807) is 30.3 Å². The monoisotopic (exact) mass is 540 g/mol. The number of rotatable bonds is 9. The van der Waals surface area contributed by atoms with E-state index in [2.05, 4.69) is 15.5 Å². The van der Waals surface area contributed by atoms with Crippen molar-refractivity contribution in [2.45, 2.75) is 61.4 Å². The lowest BCUT2D eigenvalue weighted by molar-refractivity contribution is -0.133. The van der Waals surface area contributed by atoms with E-state index in [1.807, 2.05) is 4.90 Å². The van der Waals surface area contributed by atoms with Crippen molar-refractivity contribution in [2.24, 2.45) is 0 Å². The number of amides is 2. The van der Waals surface area contributed by atoms with E-state index in [1.165, 1.54) is 24.3 Å². The normalized spacial score (nSPS) is 20.9. The highest BCUT2D eigenvalue weighted by Crippen LogP contribution is 2.42. The summed E-state index contributed by atoms with van der Waals surface area (Å²) >= 11 is 0. The van der Waals surface area contributed by atoms with Crippen LogP contribution in [0.4, 0.5) is 4.39 Å². The fraction of sp³-hybridized carbons (Fsp3) is 0.407. The molecule has 0 radical (unpaired) electrons. The minimum absolute atomic E-state index is 0.0544. The van der Waals surface area contributed by atoms with E-state index in [-0.39, 0.29) is 53.6 Å². The number of likely N-dealkylation sites (tertiary alicyclic amines) is 1. The molecular weight excluding hydrogens is 511 g/mol. The highest BCUT2D eigenvalue weighted by atomic mass is 32.2. The molecule has 1 saturated heterocycles. The van der Waals surface area contributed by atoms with Crippen molar-refractivity contribution in [3.63, 3.8) is 0 Å². The topological polar surface area (TPSA) is 122 Å². The Morgan fingerprint density at radius 3 is 2.61 bits per heavy atom. The molecule has 1 aliphatic carbocycles. The van der Waals surface area contributed by atoms with Crippen molar-refractivity contribution < 1.29 is 26.9 Å². The summed E-state index contributed by atoms with van der Waals surface area (Å²) in [6.07, 6.45) is 3.37. The molecule has 9 nitrogen and oxygen atoms in total. The zero-order valence-corrected chi connectivity index (χ0v) is 21.6. The number of nitrogens with zero attached hydrogens (tertiary/aromatic N) is 3. The molecule has 1 aromatic heterocycles. The first kappa shape index (κ1) is 26.0. The summed E-state index contributed by atoms with van der Waals surface area (Å²) in [5.41, 5.74) is 0.0964. The molecule has 2 heterocycles. The van der Waals surface area contributed by atoms with Crippen LogP contribution in [0.25, 0.3) is 11.4 Å². The lowest BCUT2D eigenvalue weighted by Gasteiger charge is -2.33. The minimum atomic E-state index is -3.55. The molecule has 2 aliphatic rings. The van der Waals surface area contributed by atoms with E-state index in [9.17, 15) is 22.4 Å². The number of halogens is 1. The molecule has 5 rings (SSSR count). The number of nitrogens with one attached hydrogen (secondary N) is 1. The first-order chi connectivity index (χ1) is 18.3. The molecule has 0 spiro atoms. The van der Waals surface area contributed by atoms with Gasteiger partial charge in [-0.05, 0) is 62.1 Å². The van der Waals surface area contributed by atoms with Crippen LogP contribution < -0.4 is 5.32 Å². The Kier molecular flexibility index (Phi) is 7.29. The lowest BCUT2D eigenvalue weighted by atomic mass is 9.92. The molecular formula is C27H29FN4O5S. The minimum Gasteiger partial charge on any atom is -0.348 e. The number of hydrogen-bond acceptors (Lipinski definition) is 7. The molecule has 1 N–H and O–H groups in total. The average molecular weight is 541 g/mol. The Balaban J connectivity index is 1.16. The second kappa shape index (κ2) is 10.6. The average Bonchev–Trinajstić information content (AvgIpc) is 3.63. The maximum atomic E-state index is 13.2. The van der Waals surface area contributed by atoms with Gasteiger partial charge < -0.3 is 14.7 Å². The zero-order chi connectivity index (χ0) is 26.8. The van der Waals surface area contributed by atoms with Gasteiger partial charge in [0, 0.05) is 31.4 Å². The molecule has 3 aromatic rings. The predicted octanol–water partition coefficient (Wildman–Crippen LogP) is 3.31. The first-order valence-corrected chi connectivity index (χ1v) is 14.4. The molecule has 2 amide bonds. The summed E-state index contributed by atoms with van der Waals surface area (Å²) < 4.78 is 43.5. The van der Waals surface area contributed by atoms with E-state index < -0.39 is 15.4 Å². The largest absolute Gasteiger partial charge is 0.348 e. The molecule has 2 aromatic carbocycles. The van der Waals surface area contributed by atoms with Crippen LogP contribution in [0.2, 0.25) is 0 Å². The Morgan fingerprint density at radius 1 is 1.08 bits per heavy atom. The number of carbonyl (C=O) groups is 2. The van der Waals surface area contributed by atoms with Crippen molar-refractivity contribution >= 4 is 21.7 Å². The molecule has 2 atom stereocenters. The second-order valence-corrected chi connectivity index (χ2v) is 12.0. The van der Waals surface area contributed by atoms with Gasteiger partial charge in [0.15, 0.2) is 9.84 Å². The van der Waals surface area contributed by atoms with Crippen LogP contribution in [0.15, 0.2) is 64.0 Å². The zero-order valence-electron chi connectivity index (χ0n) is 20.8. The molecule has 1 aliphatic heterocycles. The van der Waals surface area contributed by atoms with Gasteiger partial charge in [0.2, 0.25) is 23.5 Å². The maximum Gasteiger partial charge on any atom is 0.227 e. The number of carbonyl (C=O) groups excluding carboxylic acids is 2. The number of fused-ring (bicyclic) bond motifs is 1. The summed E-state index contributed by atoms with van der Waals surface area (Å²) in [4.78, 5) is 32.3. The standard InChI is InChI=1S/C27H29FN4O5S/c28-20-10-8-19(9-11-20)26-29-24(37-31-26)12-13-25(34)32-17-16-27(15-4-7-22(27)32)30-23(33)14-18-38(35,36)21-5-2-1-3-6-21/h1-3,5-6,8-11,22H,4,7,12-18H2,(H,30,33)/t22-,27-/m0/s1. The first-order valence-electron chi connectivity index (χ1n) is 12.7. The van der Waals surface area contributed by atoms with Gasteiger partial charge in [0.1, 0.15) is 5.82 Å². The number of benzene rings is 2. The van der Waals surface area contributed by atoms with Gasteiger partial charge in [-0.3, -0.25) is 9.59 Å². The number of aromatic nitrogens is 2. The molecule has 11 heteroatoms.